The number of nitrogens with one attached hydrogen (secondary N) is 2. The Hall–Kier alpha value is -2.71. The summed E-state index contributed by atoms with van der Waals surface area (Å²) in [6.07, 6.45) is 3.90. The van der Waals surface area contributed by atoms with Gasteiger partial charge >= 0.3 is 0 Å². The van der Waals surface area contributed by atoms with Gasteiger partial charge in [-0.05, 0) is 43.0 Å². The van der Waals surface area contributed by atoms with E-state index >= 15 is 0 Å². The highest BCUT2D eigenvalue weighted by atomic mass is 32.1. The largest absolute Gasteiger partial charge is 0.497 e. The Bertz CT molecular complexity index is 1010. The summed E-state index contributed by atoms with van der Waals surface area (Å²) in [5, 5.41) is 7.27. The molecule has 0 spiro atoms. The van der Waals surface area contributed by atoms with Crippen molar-refractivity contribution in [3.63, 3.8) is 0 Å². The maximum Gasteiger partial charge on any atom is 0.261 e. The van der Waals surface area contributed by atoms with E-state index in [1.807, 2.05) is 31.2 Å². The highest BCUT2D eigenvalue weighted by Crippen LogP contribution is 2.33. The molecule has 8 heteroatoms. The topological polar surface area (TPSA) is 85.4 Å². The van der Waals surface area contributed by atoms with E-state index in [9.17, 15) is 4.79 Å². The number of ether oxygens (including phenoxy) is 2. The predicted octanol–water partition coefficient (Wildman–Crippen LogP) is 3.53. The number of carbonyl (C=O) groups is 1. The molecule has 0 saturated carbocycles. The van der Waals surface area contributed by atoms with Crippen molar-refractivity contribution in [3.8, 4) is 5.75 Å². The molecule has 1 atom stereocenters. The summed E-state index contributed by atoms with van der Waals surface area (Å²) < 4.78 is 10.9. The van der Waals surface area contributed by atoms with E-state index in [0.717, 1.165) is 52.4 Å². The van der Waals surface area contributed by atoms with Gasteiger partial charge in [-0.3, -0.25) is 4.79 Å². The van der Waals surface area contributed by atoms with Crippen molar-refractivity contribution in [3.05, 3.63) is 46.6 Å². The Morgan fingerprint density at radius 2 is 2.28 bits per heavy atom. The van der Waals surface area contributed by atoms with E-state index in [-0.39, 0.29) is 12.0 Å². The van der Waals surface area contributed by atoms with Crippen LogP contribution in [0.25, 0.3) is 10.2 Å². The number of fused-ring (bicyclic) bond motifs is 1. The maximum atomic E-state index is 12.8. The lowest BCUT2D eigenvalue weighted by atomic mass is 10.1. The molecular weight excluding hydrogens is 388 g/mol. The van der Waals surface area contributed by atoms with E-state index in [1.165, 1.54) is 17.7 Å². The van der Waals surface area contributed by atoms with Crippen LogP contribution >= 0.6 is 11.3 Å². The van der Waals surface area contributed by atoms with Gasteiger partial charge in [0.2, 0.25) is 0 Å². The zero-order valence-electron chi connectivity index (χ0n) is 16.5. The summed E-state index contributed by atoms with van der Waals surface area (Å²) in [6, 6.07) is 7.66. The maximum absolute atomic E-state index is 12.8. The molecule has 3 aromatic rings. The number of anilines is 1. The summed E-state index contributed by atoms with van der Waals surface area (Å²) in [5.41, 5.74) is 1.87. The Morgan fingerprint density at radius 3 is 3.07 bits per heavy atom. The third-order valence-corrected chi connectivity index (χ3v) is 6.24. The molecule has 7 nitrogen and oxygen atoms in total. The van der Waals surface area contributed by atoms with E-state index in [2.05, 4.69) is 20.6 Å². The number of thiophene rings is 1. The van der Waals surface area contributed by atoms with Crippen molar-refractivity contribution in [2.75, 3.05) is 25.6 Å². The Kier molecular flexibility index (Phi) is 5.92. The second-order valence-electron chi connectivity index (χ2n) is 7.01. The average Bonchev–Trinajstić information content (AvgIpc) is 3.39. The Labute approximate surface area is 173 Å². The molecule has 0 bridgehead atoms. The molecular formula is C21H24N4O3S. The molecule has 1 aliphatic rings. The third-order valence-electron chi connectivity index (χ3n) is 5.04. The summed E-state index contributed by atoms with van der Waals surface area (Å²) >= 11 is 1.39. The van der Waals surface area contributed by atoms with E-state index in [4.69, 9.17) is 9.47 Å². The molecule has 1 aliphatic heterocycles. The van der Waals surface area contributed by atoms with Gasteiger partial charge in [0.05, 0.1) is 23.5 Å². The molecule has 29 heavy (non-hydrogen) atoms. The van der Waals surface area contributed by atoms with Crippen LogP contribution < -0.4 is 15.4 Å². The lowest BCUT2D eigenvalue weighted by Gasteiger charge is -2.12. The molecule has 1 fully saturated rings. The fourth-order valence-electron chi connectivity index (χ4n) is 3.48. The lowest BCUT2D eigenvalue weighted by molar-refractivity contribution is 0.0954. The molecule has 2 N–H and O–H groups in total. The van der Waals surface area contributed by atoms with E-state index in [0.29, 0.717) is 18.0 Å². The van der Waals surface area contributed by atoms with Gasteiger partial charge < -0.3 is 20.1 Å². The first kappa shape index (κ1) is 19.6. The van der Waals surface area contributed by atoms with E-state index in [1.54, 1.807) is 7.11 Å². The molecule has 0 unspecified atom stereocenters. The minimum absolute atomic E-state index is 0.113. The number of aryl methyl sites for hydroxylation is 1. The molecule has 4 rings (SSSR count). The minimum atomic E-state index is -0.113. The number of rotatable bonds is 7. The van der Waals surface area contributed by atoms with Crippen LogP contribution in [0.4, 0.5) is 5.82 Å². The quantitative estimate of drug-likeness (QED) is 0.618. The van der Waals surface area contributed by atoms with Gasteiger partial charge in [-0.25, -0.2) is 9.97 Å². The molecule has 1 amide bonds. The molecule has 1 aromatic carbocycles. The van der Waals surface area contributed by atoms with Crippen LogP contribution in [0.2, 0.25) is 0 Å². The SMILES string of the molecule is COc1cccc(CNC(=O)c2sc3ncnc(NC[C@@H]4CCCO4)c3c2C)c1. The molecule has 3 heterocycles. The first-order chi connectivity index (χ1) is 14.2. The van der Waals surface area contributed by atoms with Crippen LogP contribution in [0.5, 0.6) is 5.75 Å². The van der Waals surface area contributed by atoms with Crippen LogP contribution in [0.3, 0.4) is 0 Å². The summed E-state index contributed by atoms with van der Waals surface area (Å²) in [5.74, 6) is 1.41. The Morgan fingerprint density at radius 1 is 1.38 bits per heavy atom. The fraction of sp³-hybridized carbons (Fsp3) is 0.381. The van der Waals surface area contributed by atoms with Gasteiger partial charge in [-0.15, -0.1) is 11.3 Å². The highest BCUT2D eigenvalue weighted by Gasteiger charge is 2.21. The van der Waals surface area contributed by atoms with Crippen LogP contribution in [0.15, 0.2) is 30.6 Å². The lowest BCUT2D eigenvalue weighted by Crippen LogP contribution is -2.22. The van der Waals surface area contributed by atoms with Gasteiger partial charge in [0.15, 0.2) is 0 Å². The molecule has 2 aromatic heterocycles. The molecule has 152 valence electrons. The van der Waals surface area contributed by atoms with Crippen LogP contribution in [-0.4, -0.2) is 42.2 Å². The summed E-state index contributed by atoms with van der Waals surface area (Å²) in [4.78, 5) is 23.0. The van der Waals surface area contributed by atoms with Crippen molar-refractivity contribution in [1.29, 1.82) is 0 Å². The second kappa shape index (κ2) is 8.75. The summed E-state index contributed by atoms with van der Waals surface area (Å²) in [6.45, 7) is 3.90. The number of carbonyl (C=O) groups excluding carboxylic acids is 1. The fourth-order valence-corrected chi connectivity index (χ4v) is 4.55. The third kappa shape index (κ3) is 4.33. The smallest absolute Gasteiger partial charge is 0.261 e. The van der Waals surface area contributed by atoms with Crippen molar-refractivity contribution in [2.24, 2.45) is 0 Å². The van der Waals surface area contributed by atoms with Crippen molar-refractivity contribution in [1.82, 2.24) is 15.3 Å². The predicted molar refractivity (Wildman–Crippen MR) is 114 cm³/mol. The molecule has 0 radical (unpaired) electrons. The van der Waals surface area contributed by atoms with Crippen molar-refractivity contribution < 1.29 is 14.3 Å². The van der Waals surface area contributed by atoms with Gasteiger partial charge in [-0.2, -0.15) is 0 Å². The zero-order valence-corrected chi connectivity index (χ0v) is 17.3. The van der Waals surface area contributed by atoms with Crippen LogP contribution in [0, 0.1) is 6.92 Å². The monoisotopic (exact) mass is 412 g/mol. The summed E-state index contributed by atoms with van der Waals surface area (Å²) in [7, 11) is 1.63. The average molecular weight is 413 g/mol. The number of hydrogen-bond donors (Lipinski definition) is 2. The standard InChI is InChI=1S/C21H24N4O3S/c1-13-17-19(22-11-16-7-4-8-28-16)24-12-25-21(17)29-18(13)20(26)23-10-14-5-3-6-15(9-14)27-2/h3,5-6,9,12,16H,4,7-8,10-11H2,1-2H3,(H,23,26)(H,22,24,25)/t16-/m0/s1. The van der Waals surface area contributed by atoms with E-state index < -0.39 is 0 Å². The van der Waals surface area contributed by atoms with Gasteiger partial charge in [-0.1, -0.05) is 12.1 Å². The van der Waals surface area contributed by atoms with Crippen molar-refractivity contribution >= 4 is 33.3 Å². The number of amides is 1. The van der Waals surface area contributed by atoms with Gasteiger partial charge in [0.25, 0.3) is 5.91 Å². The van der Waals surface area contributed by atoms with Crippen LogP contribution in [0.1, 0.15) is 33.6 Å². The van der Waals surface area contributed by atoms with Crippen LogP contribution in [-0.2, 0) is 11.3 Å². The highest BCUT2D eigenvalue weighted by molar-refractivity contribution is 7.20. The molecule has 1 saturated heterocycles. The zero-order chi connectivity index (χ0) is 20.2. The number of benzene rings is 1. The first-order valence-electron chi connectivity index (χ1n) is 9.66. The van der Waals surface area contributed by atoms with Crippen molar-refractivity contribution in [2.45, 2.75) is 32.4 Å². The minimum Gasteiger partial charge on any atom is -0.497 e. The normalized spacial score (nSPS) is 16.1. The number of hydrogen-bond acceptors (Lipinski definition) is 7. The number of nitrogens with zero attached hydrogens (tertiary/aromatic N) is 2. The molecule has 0 aliphatic carbocycles. The van der Waals surface area contributed by atoms with Gasteiger partial charge in [0, 0.05) is 19.7 Å². The number of methoxy groups -OCH3 is 1. The Balaban J connectivity index is 1.50. The number of aromatic nitrogens is 2. The van der Waals surface area contributed by atoms with Gasteiger partial charge in [0.1, 0.15) is 22.7 Å². The second-order valence-corrected chi connectivity index (χ2v) is 8.01. The first-order valence-corrected chi connectivity index (χ1v) is 10.5.